The number of amides is 1. The molecule has 2 atom stereocenters. The average Bonchev–Trinajstić information content (AvgIpc) is 3.35. The van der Waals surface area contributed by atoms with Gasteiger partial charge in [0.2, 0.25) is 5.91 Å². The lowest BCUT2D eigenvalue weighted by Gasteiger charge is -2.22. The predicted octanol–water partition coefficient (Wildman–Crippen LogP) is 4.57. The van der Waals surface area contributed by atoms with Crippen LogP contribution in [0.15, 0.2) is 41.0 Å². The number of hydrogen-bond acceptors (Lipinski definition) is 4. The fourth-order valence-electron chi connectivity index (χ4n) is 3.74. The minimum absolute atomic E-state index is 0.102. The van der Waals surface area contributed by atoms with Crippen LogP contribution in [-0.4, -0.2) is 42.0 Å². The summed E-state index contributed by atoms with van der Waals surface area (Å²) in [5.74, 6) is 3.19. The molecule has 1 aliphatic carbocycles. The predicted molar refractivity (Wildman–Crippen MR) is 107 cm³/mol. The number of nitrogens with zero attached hydrogens (tertiary/aromatic N) is 3. The van der Waals surface area contributed by atoms with Crippen molar-refractivity contribution >= 4 is 17.8 Å². The quantitative estimate of drug-likeness (QED) is 0.682. The SMILES string of the molecule is CC1CC1c1ccc(/C=C/C(=O)N2CCCN(c3ccc(C(F)(F)F)cn3)CC2)o1. The first-order valence-electron chi connectivity index (χ1n) is 10.2. The van der Waals surface area contributed by atoms with Crippen LogP contribution in [-0.2, 0) is 11.0 Å². The summed E-state index contributed by atoms with van der Waals surface area (Å²) < 4.78 is 43.9. The van der Waals surface area contributed by atoms with E-state index in [2.05, 4.69) is 11.9 Å². The molecule has 0 spiro atoms. The van der Waals surface area contributed by atoms with Crippen molar-refractivity contribution in [1.29, 1.82) is 0 Å². The summed E-state index contributed by atoms with van der Waals surface area (Å²) in [6, 6.07) is 6.28. The summed E-state index contributed by atoms with van der Waals surface area (Å²) in [6.07, 6.45) is 1.53. The van der Waals surface area contributed by atoms with Gasteiger partial charge < -0.3 is 14.2 Å². The van der Waals surface area contributed by atoms with Crippen molar-refractivity contribution in [2.75, 3.05) is 31.1 Å². The molecule has 3 heterocycles. The number of aromatic nitrogens is 1. The number of pyridine rings is 1. The van der Waals surface area contributed by atoms with Gasteiger partial charge in [0.15, 0.2) is 0 Å². The Labute approximate surface area is 173 Å². The van der Waals surface area contributed by atoms with Crippen LogP contribution in [0.2, 0.25) is 0 Å². The maximum Gasteiger partial charge on any atom is 0.417 e. The lowest BCUT2D eigenvalue weighted by molar-refractivity contribution is -0.137. The van der Waals surface area contributed by atoms with E-state index in [1.807, 2.05) is 17.0 Å². The Morgan fingerprint density at radius 2 is 1.97 bits per heavy atom. The molecule has 4 rings (SSSR count). The van der Waals surface area contributed by atoms with Crippen molar-refractivity contribution in [2.45, 2.75) is 31.9 Å². The molecule has 1 aliphatic heterocycles. The van der Waals surface area contributed by atoms with Gasteiger partial charge in [-0.2, -0.15) is 13.2 Å². The minimum Gasteiger partial charge on any atom is -0.461 e. The topological polar surface area (TPSA) is 49.6 Å². The van der Waals surface area contributed by atoms with Gasteiger partial charge in [-0.15, -0.1) is 0 Å². The zero-order valence-corrected chi connectivity index (χ0v) is 16.7. The second-order valence-corrected chi connectivity index (χ2v) is 7.96. The number of rotatable bonds is 4. The molecule has 2 aliphatic rings. The maximum atomic E-state index is 12.7. The number of anilines is 1. The molecule has 2 aromatic heterocycles. The molecule has 160 valence electrons. The second kappa shape index (κ2) is 8.16. The fraction of sp³-hybridized carbons (Fsp3) is 0.455. The van der Waals surface area contributed by atoms with Crippen LogP contribution >= 0.6 is 0 Å². The third-order valence-corrected chi connectivity index (χ3v) is 5.72. The molecular formula is C22H24F3N3O2. The van der Waals surface area contributed by atoms with E-state index in [4.69, 9.17) is 4.42 Å². The lowest BCUT2D eigenvalue weighted by atomic mass is 10.2. The standard InChI is InChI=1S/C22H24F3N3O2/c1-15-13-18(15)19-6-4-17(30-19)5-8-21(29)28-10-2-9-27(11-12-28)20-7-3-16(14-26-20)22(23,24)25/h3-8,14-15,18H,2,9-13H2,1H3/b8-5+. The van der Waals surface area contributed by atoms with Crippen molar-refractivity contribution < 1.29 is 22.4 Å². The summed E-state index contributed by atoms with van der Waals surface area (Å²) >= 11 is 0. The van der Waals surface area contributed by atoms with Crippen LogP contribution in [0.4, 0.5) is 19.0 Å². The molecule has 2 unspecified atom stereocenters. The fourth-order valence-corrected chi connectivity index (χ4v) is 3.74. The monoisotopic (exact) mass is 419 g/mol. The molecule has 5 nitrogen and oxygen atoms in total. The third kappa shape index (κ3) is 4.68. The van der Waals surface area contributed by atoms with E-state index in [9.17, 15) is 18.0 Å². The molecule has 1 saturated carbocycles. The molecule has 1 saturated heterocycles. The van der Waals surface area contributed by atoms with Crippen molar-refractivity contribution in [3.8, 4) is 0 Å². The third-order valence-electron chi connectivity index (χ3n) is 5.72. The van der Waals surface area contributed by atoms with E-state index in [-0.39, 0.29) is 5.91 Å². The van der Waals surface area contributed by atoms with Gasteiger partial charge in [-0.3, -0.25) is 4.79 Å². The Hall–Kier alpha value is -2.77. The first-order chi connectivity index (χ1) is 14.3. The maximum absolute atomic E-state index is 12.7. The van der Waals surface area contributed by atoms with E-state index in [0.717, 1.165) is 24.4 Å². The van der Waals surface area contributed by atoms with Crippen LogP contribution in [0, 0.1) is 5.92 Å². The highest BCUT2D eigenvalue weighted by molar-refractivity contribution is 5.91. The summed E-state index contributed by atoms with van der Waals surface area (Å²) in [7, 11) is 0. The number of carbonyl (C=O) groups is 1. The van der Waals surface area contributed by atoms with Crippen molar-refractivity contribution in [1.82, 2.24) is 9.88 Å². The van der Waals surface area contributed by atoms with Gasteiger partial charge in [-0.1, -0.05) is 6.92 Å². The summed E-state index contributed by atoms with van der Waals surface area (Å²) in [5, 5.41) is 0. The van der Waals surface area contributed by atoms with Gasteiger partial charge in [0, 0.05) is 44.4 Å². The number of alkyl halides is 3. The number of carbonyl (C=O) groups excluding carboxylic acids is 1. The Kier molecular flexibility index (Phi) is 5.58. The normalized spacial score (nSPS) is 22.4. The highest BCUT2D eigenvalue weighted by atomic mass is 19.4. The Balaban J connectivity index is 1.33. The Morgan fingerprint density at radius 3 is 2.63 bits per heavy atom. The smallest absolute Gasteiger partial charge is 0.417 e. The number of halogens is 3. The van der Waals surface area contributed by atoms with E-state index < -0.39 is 11.7 Å². The van der Waals surface area contributed by atoms with Gasteiger partial charge in [0.25, 0.3) is 0 Å². The van der Waals surface area contributed by atoms with Gasteiger partial charge in [-0.05, 0) is 49.1 Å². The molecule has 2 aromatic rings. The van der Waals surface area contributed by atoms with Crippen LogP contribution in [0.5, 0.6) is 0 Å². The molecule has 0 radical (unpaired) electrons. The summed E-state index contributed by atoms with van der Waals surface area (Å²) in [6.45, 7) is 4.41. The van der Waals surface area contributed by atoms with E-state index in [0.29, 0.717) is 56.0 Å². The van der Waals surface area contributed by atoms with Gasteiger partial charge in [0.05, 0.1) is 5.56 Å². The highest BCUT2D eigenvalue weighted by Gasteiger charge is 2.36. The van der Waals surface area contributed by atoms with Crippen LogP contribution in [0.3, 0.4) is 0 Å². The Morgan fingerprint density at radius 1 is 1.17 bits per heavy atom. The molecular weight excluding hydrogens is 395 g/mol. The highest BCUT2D eigenvalue weighted by Crippen LogP contribution is 2.47. The molecule has 0 bridgehead atoms. The van der Waals surface area contributed by atoms with Crippen molar-refractivity contribution in [3.05, 3.63) is 53.6 Å². The first-order valence-corrected chi connectivity index (χ1v) is 10.2. The van der Waals surface area contributed by atoms with Crippen LogP contribution < -0.4 is 4.90 Å². The molecule has 1 amide bonds. The minimum atomic E-state index is -4.40. The lowest BCUT2D eigenvalue weighted by Crippen LogP contribution is -2.34. The largest absolute Gasteiger partial charge is 0.461 e. The molecule has 8 heteroatoms. The molecule has 30 heavy (non-hydrogen) atoms. The molecule has 2 fully saturated rings. The second-order valence-electron chi connectivity index (χ2n) is 7.96. The zero-order chi connectivity index (χ0) is 21.3. The zero-order valence-electron chi connectivity index (χ0n) is 16.7. The van der Waals surface area contributed by atoms with Crippen LogP contribution in [0.1, 0.15) is 42.8 Å². The van der Waals surface area contributed by atoms with Crippen molar-refractivity contribution in [3.63, 3.8) is 0 Å². The van der Waals surface area contributed by atoms with Crippen LogP contribution in [0.25, 0.3) is 6.08 Å². The van der Waals surface area contributed by atoms with Gasteiger partial charge in [0.1, 0.15) is 17.3 Å². The summed E-state index contributed by atoms with van der Waals surface area (Å²) in [5.41, 5.74) is -0.764. The van der Waals surface area contributed by atoms with Gasteiger partial charge in [-0.25, -0.2) is 4.98 Å². The molecule has 0 N–H and O–H groups in total. The van der Waals surface area contributed by atoms with E-state index >= 15 is 0 Å². The molecule has 0 aromatic carbocycles. The van der Waals surface area contributed by atoms with E-state index in [1.54, 1.807) is 11.0 Å². The van der Waals surface area contributed by atoms with Crippen molar-refractivity contribution in [2.24, 2.45) is 5.92 Å². The summed E-state index contributed by atoms with van der Waals surface area (Å²) in [4.78, 5) is 20.2. The first kappa shape index (κ1) is 20.5. The van der Waals surface area contributed by atoms with E-state index in [1.165, 1.54) is 12.1 Å². The Bertz CT molecular complexity index is 920. The number of furan rings is 1. The van der Waals surface area contributed by atoms with Gasteiger partial charge >= 0.3 is 6.18 Å². The number of hydrogen-bond donors (Lipinski definition) is 0. The average molecular weight is 419 g/mol.